The SMILES string of the molecule is CCCCc1c2ccccc2c(-c2ccc3oc4cccc(-c5c6ccccc6c(CCCC)c6ccccc56)c4c3c2)c2ccccc12. The molecule has 0 saturated carbocycles. The van der Waals surface area contributed by atoms with Gasteiger partial charge in [0.25, 0.3) is 0 Å². The zero-order chi connectivity index (χ0) is 32.9. The molecule has 0 aliphatic rings. The lowest BCUT2D eigenvalue weighted by Gasteiger charge is -2.18. The maximum Gasteiger partial charge on any atom is 0.136 e. The van der Waals surface area contributed by atoms with Gasteiger partial charge in [-0.3, -0.25) is 0 Å². The van der Waals surface area contributed by atoms with E-state index in [1.807, 2.05) is 0 Å². The number of fused-ring (bicyclic) bond motifs is 7. The van der Waals surface area contributed by atoms with Crippen LogP contribution in [0.25, 0.3) is 87.3 Å². The smallest absolute Gasteiger partial charge is 0.136 e. The summed E-state index contributed by atoms with van der Waals surface area (Å²) in [6.45, 7) is 4.56. The molecule has 49 heavy (non-hydrogen) atoms. The van der Waals surface area contributed by atoms with Gasteiger partial charge in [0.1, 0.15) is 11.2 Å². The monoisotopic (exact) mass is 632 g/mol. The number of furan rings is 1. The Morgan fingerprint density at radius 2 is 0.878 bits per heavy atom. The molecule has 0 aliphatic heterocycles. The highest BCUT2D eigenvalue weighted by Crippen LogP contribution is 2.46. The number of hydrogen-bond donors (Lipinski definition) is 0. The van der Waals surface area contributed by atoms with Crippen molar-refractivity contribution < 1.29 is 4.42 Å². The first-order valence-electron chi connectivity index (χ1n) is 18.1. The van der Waals surface area contributed by atoms with E-state index in [1.54, 1.807) is 0 Å². The van der Waals surface area contributed by atoms with Crippen LogP contribution in [0.15, 0.2) is 138 Å². The summed E-state index contributed by atoms with van der Waals surface area (Å²) in [6.07, 6.45) is 6.90. The summed E-state index contributed by atoms with van der Waals surface area (Å²) >= 11 is 0. The summed E-state index contributed by atoms with van der Waals surface area (Å²) < 4.78 is 6.64. The van der Waals surface area contributed by atoms with Crippen LogP contribution in [0.4, 0.5) is 0 Å². The van der Waals surface area contributed by atoms with E-state index >= 15 is 0 Å². The molecule has 0 saturated heterocycles. The highest BCUT2D eigenvalue weighted by Gasteiger charge is 2.21. The maximum absolute atomic E-state index is 6.64. The summed E-state index contributed by atoms with van der Waals surface area (Å²) in [5.74, 6) is 0. The van der Waals surface area contributed by atoms with Crippen LogP contribution >= 0.6 is 0 Å². The lowest BCUT2D eigenvalue weighted by atomic mass is 9.85. The van der Waals surface area contributed by atoms with Crippen molar-refractivity contribution >= 4 is 65.0 Å². The van der Waals surface area contributed by atoms with Crippen LogP contribution in [-0.2, 0) is 12.8 Å². The first-order valence-corrected chi connectivity index (χ1v) is 18.1. The van der Waals surface area contributed by atoms with Crippen LogP contribution in [0.5, 0.6) is 0 Å². The highest BCUT2D eigenvalue weighted by atomic mass is 16.3. The Bertz CT molecular complexity index is 2570. The minimum Gasteiger partial charge on any atom is -0.456 e. The van der Waals surface area contributed by atoms with Crippen LogP contribution in [0.2, 0.25) is 0 Å². The highest BCUT2D eigenvalue weighted by molar-refractivity contribution is 6.23. The minimum absolute atomic E-state index is 0.924. The second-order valence-corrected chi connectivity index (χ2v) is 13.6. The lowest BCUT2D eigenvalue weighted by Crippen LogP contribution is -1.94. The predicted octanol–water partition coefficient (Wildman–Crippen LogP) is 14.2. The molecular weight excluding hydrogens is 593 g/mol. The first kappa shape index (κ1) is 29.7. The normalized spacial score (nSPS) is 12.0. The van der Waals surface area contributed by atoms with E-state index in [1.165, 1.54) is 108 Å². The van der Waals surface area contributed by atoms with Crippen LogP contribution in [0.1, 0.15) is 50.7 Å². The topological polar surface area (TPSA) is 13.1 Å². The van der Waals surface area contributed by atoms with Gasteiger partial charge in [0.2, 0.25) is 0 Å². The Morgan fingerprint density at radius 1 is 0.408 bits per heavy atom. The average molecular weight is 633 g/mol. The molecule has 9 rings (SSSR count). The molecule has 0 radical (unpaired) electrons. The number of unbranched alkanes of at least 4 members (excludes halogenated alkanes) is 2. The van der Waals surface area contributed by atoms with Crippen molar-refractivity contribution in [2.45, 2.75) is 52.4 Å². The van der Waals surface area contributed by atoms with Gasteiger partial charge >= 0.3 is 0 Å². The fourth-order valence-electron chi connectivity index (χ4n) is 8.48. The van der Waals surface area contributed by atoms with Gasteiger partial charge in [-0.1, -0.05) is 142 Å². The molecule has 8 aromatic carbocycles. The van der Waals surface area contributed by atoms with E-state index in [9.17, 15) is 0 Å². The Morgan fingerprint density at radius 3 is 1.37 bits per heavy atom. The molecule has 1 nitrogen and oxygen atoms in total. The van der Waals surface area contributed by atoms with Gasteiger partial charge < -0.3 is 4.42 Å². The van der Waals surface area contributed by atoms with Gasteiger partial charge in [0.15, 0.2) is 0 Å². The van der Waals surface area contributed by atoms with Crippen LogP contribution in [0.3, 0.4) is 0 Å². The van der Waals surface area contributed by atoms with E-state index in [2.05, 4.69) is 147 Å². The second-order valence-electron chi connectivity index (χ2n) is 13.6. The van der Waals surface area contributed by atoms with Crippen LogP contribution in [-0.4, -0.2) is 0 Å². The van der Waals surface area contributed by atoms with E-state index in [-0.39, 0.29) is 0 Å². The van der Waals surface area contributed by atoms with Crippen molar-refractivity contribution in [2.24, 2.45) is 0 Å². The lowest BCUT2D eigenvalue weighted by molar-refractivity contribution is 0.669. The molecule has 9 aromatic rings. The third kappa shape index (κ3) is 4.75. The Hall–Kier alpha value is -5.40. The van der Waals surface area contributed by atoms with E-state index < -0.39 is 0 Å². The Labute approximate surface area is 287 Å². The number of rotatable bonds is 8. The van der Waals surface area contributed by atoms with E-state index in [0.717, 1.165) is 29.4 Å². The fraction of sp³-hybridized carbons (Fsp3) is 0.167. The molecule has 0 N–H and O–H groups in total. The summed E-state index contributed by atoms with van der Waals surface area (Å²) in [5.41, 5.74) is 9.83. The standard InChI is InChI=1S/C48H40O/c1-3-5-16-32-34-18-7-11-22-38(34)46(39-23-12-8-19-35(32)39)31-28-29-44-43(30-31)48-42(26-15-27-45(48)49-44)47-40-24-13-9-20-36(40)33(17-6-4-2)37-21-10-14-25-41(37)47/h7-15,18-30H,3-6,16-17H2,1-2H3. The third-order valence-corrected chi connectivity index (χ3v) is 10.7. The van der Waals surface area contributed by atoms with Crippen molar-refractivity contribution in [1.29, 1.82) is 0 Å². The third-order valence-electron chi connectivity index (χ3n) is 10.7. The van der Waals surface area contributed by atoms with Crippen molar-refractivity contribution in [3.05, 3.63) is 145 Å². The molecule has 0 atom stereocenters. The molecule has 0 bridgehead atoms. The molecule has 1 aromatic heterocycles. The zero-order valence-corrected chi connectivity index (χ0v) is 28.4. The summed E-state index contributed by atoms with van der Waals surface area (Å²) in [4.78, 5) is 0. The zero-order valence-electron chi connectivity index (χ0n) is 28.4. The number of hydrogen-bond acceptors (Lipinski definition) is 1. The van der Waals surface area contributed by atoms with Gasteiger partial charge in [-0.15, -0.1) is 0 Å². The number of aryl methyl sites for hydroxylation is 2. The molecule has 0 aliphatic carbocycles. The van der Waals surface area contributed by atoms with Crippen molar-refractivity contribution in [1.82, 2.24) is 0 Å². The van der Waals surface area contributed by atoms with Gasteiger partial charge in [0, 0.05) is 10.8 Å². The van der Waals surface area contributed by atoms with Crippen molar-refractivity contribution in [2.75, 3.05) is 0 Å². The fourth-order valence-corrected chi connectivity index (χ4v) is 8.48. The molecule has 1 heterocycles. The van der Waals surface area contributed by atoms with Crippen LogP contribution in [0, 0.1) is 0 Å². The Balaban J connectivity index is 1.36. The molecule has 0 amide bonds. The van der Waals surface area contributed by atoms with Crippen molar-refractivity contribution in [3.63, 3.8) is 0 Å². The van der Waals surface area contributed by atoms with Gasteiger partial charge in [0.05, 0.1) is 0 Å². The van der Waals surface area contributed by atoms with Crippen LogP contribution < -0.4 is 0 Å². The predicted molar refractivity (Wildman–Crippen MR) is 212 cm³/mol. The first-order chi connectivity index (χ1) is 24.3. The summed E-state index contributed by atoms with van der Waals surface area (Å²) in [7, 11) is 0. The molecule has 238 valence electrons. The molecule has 0 unspecified atom stereocenters. The second kappa shape index (κ2) is 12.2. The van der Waals surface area contributed by atoms with Gasteiger partial charge in [-0.2, -0.15) is 0 Å². The van der Waals surface area contributed by atoms with E-state index in [0.29, 0.717) is 0 Å². The quantitative estimate of drug-likeness (QED) is 0.152. The van der Waals surface area contributed by atoms with Gasteiger partial charge in [-0.05, 0) is 120 Å². The summed E-state index contributed by atoms with van der Waals surface area (Å²) in [6, 6.07) is 49.5. The number of benzene rings is 8. The average Bonchev–Trinajstić information content (AvgIpc) is 3.53. The van der Waals surface area contributed by atoms with Gasteiger partial charge in [-0.25, -0.2) is 0 Å². The molecule has 0 spiro atoms. The largest absolute Gasteiger partial charge is 0.456 e. The molecule has 1 heteroatoms. The minimum atomic E-state index is 0.924. The van der Waals surface area contributed by atoms with Crippen molar-refractivity contribution in [3.8, 4) is 22.3 Å². The maximum atomic E-state index is 6.64. The van der Waals surface area contributed by atoms with E-state index in [4.69, 9.17) is 4.42 Å². The Kier molecular flexibility index (Phi) is 7.42. The molecule has 0 fully saturated rings. The summed E-state index contributed by atoms with van der Waals surface area (Å²) in [5, 5.41) is 13.0. The molecular formula is C48H40O.